The molecule has 0 aliphatic heterocycles. The number of carbonyl (C=O) groups excluding carboxylic acids is 1. The Morgan fingerprint density at radius 1 is 1.33 bits per heavy atom. The van der Waals surface area contributed by atoms with Gasteiger partial charge in [-0.3, -0.25) is 4.98 Å². The Morgan fingerprint density at radius 2 is 2.10 bits per heavy atom. The van der Waals surface area contributed by atoms with Gasteiger partial charge in [0, 0.05) is 5.92 Å². The maximum Gasteiger partial charge on any atom is 0.339 e. The lowest BCUT2D eigenvalue weighted by molar-refractivity contribution is 0.0524. The summed E-state index contributed by atoms with van der Waals surface area (Å²) in [5.41, 5.74) is 3.40. The maximum absolute atomic E-state index is 12.0. The number of hydrogen-bond acceptors (Lipinski definition) is 5. The fourth-order valence-corrected chi connectivity index (χ4v) is 3.31. The summed E-state index contributed by atoms with van der Waals surface area (Å²) in [5.74, 6) is 0.134. The lowest BCUT2D eigenvalue weighted by Crippen LogP contribution is -2.09. The summed E-state index contributed by atoms with van der Waals surface area (Å²) in [6.45, 7) is 6.20. The van der Waals surface area contributed by atoms with E-state index in [0.717, 1.165) is 39.8 Å². The molecule has 1 aliphatic rings. The highest BCUT2D eigenvalue weighted by atomic mass is 32.1. The van der Waals surface area contributed by atoms with Gasteiger partial charge in [0.2, 0.25) is 0 Å². The van der Waals surface area contributed by atoms with E-state index < -0.39 is 0 Å². The third kappa shape index (κ3) is 2.83. The number of aryl methyl sites for hydroxylation is 2. The summed E-state index contributed by atoms with van der Waals surface area (Å²) < 4.78 is 5.13. The number of ether oxygens (including phenoxy) is 1. The van der Waals surface area contributed by atoms with Gasteiger partial charge in [-0.1, -0.05) is 0 Å². The number of esters is 1. The minimum Gasteiger partial charge on any atom is -0.462 e. The van der Waals surface area contributed by atoms with E-state index in [1.54, 1.807) is 11.3 Å². The normalized spacial score (nSPS) is 14.2. The molecule has 2 heterocycles. The van der Waals surface area contributed by atoms with Gasteiger partial charge < -0.3 is 4.74 Å². The maximum atomic E-state index is 12.0. The molecule has 0 spiro atoms. The average molecular weight is 302 g/mol. The average Bonchev–Trinajstić information content (AvgIpc) is 3.24. The molecule has 4 nitrogen and oxygen atoms in total. The van der Waals surface area contributed by atoms with Crippen molar-refractivity contribution in [1.82, 2.24) is 9.97 Å². The number of rotatable bonds is 4. The van der Waals surface area contributed by atoms with Crippen LogP contribution < -0.4 is 0 Å². The highest BCUT2D eigenvalue weighted by molar-refractivity contribution is 7.15. The zero-order chi connectivity index (χ0) is 15.0. The first-order chi connectivity index (χ1) is 10.1. The third-order valence-electron chi connectivity index (χ3n) is 3.52. The summed E-state index contributed by atoms with van der Waals surface area (Å²) in [7, 11) is 0. The molecule has 110 valence electrons. The van der Waals surface area contributed by atoms with Crippen LogP contribution in [0.4, 0.5) is 0 Å². The fourth-order valence-electron chi connectivity index (χ4n) is 2.42. The summed E-state index contributed by atoms with van der Waals surface area (Å²) in [4.78, 5) is 22.3. The van der Waals surface area contributed by atoms with Crippen LogP contribution in [0, 0.1) is 13.8 Å². The molecule has 1 aliphatic carbocycles. The van der Waals surface area contributed by atoms with Crippen molar-refractivity contribution in [3.8, 4) is 10.6 Å². The van der Waals surface area contributed by atoms with Crippen molar-refractivity contribution in [3.05, 3.63) is 34.1 Å². The van der Waals surface area contributed by atoms with Gasteiger partial charge in [-0.2, -0.15) is 0 Å². The molecule has 0 saturated heterocycles. The van der Waals surface area contributed by atoms with Crippen molar-refractivity contribution in [2.24, 2.45) is 0 Å². The molecule has 0 N–H and O–H groups in total. The monoisotopic (exact) mass is 302 g/mol. The molecule has 0 aromatic carbocycles. The van der Waals surface area contributed by atoms with Crippen LogP contribution in [0.3, 0.4) is 0 Å². The van der Waals surface area contributed by atoms with Crippen LogP contribution in [0.5, 0.6) is 0 Å². The molecule has 1 fully saturated rings. The predicted molar refractivity (Wildman–Crippen MR) is 82.8 cm³/mol. The van der Waals surface area contributed by atoms with Crippen molar-refractivity contribution in [2.75, 3.05) is 6.61 Å². The van der Waals surface area contributed by atoms with Crippen LogP contribution in [0.25, 0.3) is 10.6 Å². The van der Waals surface area contributed by atoms with Gasteiger partial charge in [0.25, 0.3) is 0 Å². The smallest absolute Gasteiger partial charge is 0.339 e. The van der Waals surface area contributed by atoms with Crippen molar-refractivity contribution in [3.63, 3.8) is 0 Å². The van der Waals surface area contributed by atoms with Crippen molar-refractivity contribution in [2.45, 2.75) is 39.5 Å². The van der Waals surface area contributed by atoms with Gasteiger partial charge in [-0.25, -0.2) is 9.78 Å². The number of pyridine rings is 1. The lowest BCUT2D eigenvalue weighted by atomic mass is 10.1. The van der Waals surface area contributed by atoms with Gasteiger partial charge in [0.1, 0.15) is 0 Å². The van der Waals surface area contributed by atoms with E-state index in [1.807, 2.05) is 32.9 Å². The lowest BCUT2D eigenvalue weighted by Gasteiger charge is -2.09. The molecule has 21 heavy (non-hydrogen) atoms. The Hall–Kier alpha value is -1.75. The van der Waals surface area contributed by atoms with Crippen LogP contribution in [0.1, 0.15) is 52.4 Å². The molecule has 0 radical (unpaired) electrons. The molecule has 0 bridgehead atoms. The molecule has 0 atom stereocenters. The van der Waals surface area contributed by atoms with Crippen LogP contribution >= 0.6 is 11.3 Å². The summed E-state index contributed by atoms with van der Waals surface area (Å²) in [6, 6.07) is 3.75. The molecular weight excluding hydrogens is 284 g/mol. The molecule has 2 aromatic heterocycles. The molecule has 5 heteroatoms. The zero-order valence-electron chi connectivity index (χ0n) is 12.5. The van der Waals surface area contributed by atoms with E-state index in [2.05, 4.69) is 4.98 Å². The highest BCUT2D eigenvalue weighted by Crippen LogP contribution is 2.42. The van der Waals surface area contributed by atoms with E-state index in [-0.39, 0.29) is 5.97 Å². The first kappa shape index (κ1) is 14.2. The van der Waals surface area contributed by atoms with Crippen LogP contribution in [-0.4, -0.2) is 22.5 Å². The van der Waals surface area contributed by atoms with Crippen LogP contribution in [0.15, 0.2) is 12.1 Å². The van der Waals surface area contributed by atoms with Crippen molar-refractivity contribution >= 4 is 17.3 Å². The number of aromatic nitrogens is 2. The number of nitrogens with zero attached hydrogens (tertiary/aromatic N) is 2. The molecule has 0 unspecified atom stereocenters. The Morgan fingerprint density at radius 3 is 2.67 bits per heavy atom. The van der Waals surface area contributed by atoms with Gasteiger partial charge in [-0.15, -0.1) is 11.3 Å². The summed E-state index contributed by atoms with van der Waals surface area (Å²) in [5, 5.41) is 1.03. The molecule has 2 aromatic rings. The number of carbonyl (C=O) groups is 1. The van der Waals surface area contributed by atoms with E-state index in [0.29, 0.717) is 18.1 Å². The Labute approximate surface area is 128 Å². The van der Waals surface area contributed by atoms with E-state index in [4.69, 9.17) is 9.72 Å². The molecule has 3 rings (SSSR count). The largest absolute Gasteiger partial charge is 0.462 e. The topological polar surface area (TPSA) is 52.1 Å². The summed E-state index contributed by atoms with van der Waals surface area (Å²) in [6.07, 6.45) is 2.20. The second-order valence-electron chi connectivity index (χ2n) is 5.27. The van der Waals surface area contributed by atoms with Gasteiger partial charge in [-0.05, 0) is 45.7 Å². The van der Waals surface area contributed by atoms with E-state index in [1.165, 1.54) is 0 Å². The van der Waals surface area contributed by atoms with Crippen LogP contribution in [-0.2, 0) is 4.74 Å². The fraction of sp³-hybridized carbons (Fsp3) is 0.438. The van der Waals surface area contributed by atoms with Gasteiger partial charge >= 0.3 is 5.97 Å². The second kappa shape index (κ2) is 5.56. The molecular formula is C16H18N2O2S. The van der Waals surface area contributed by atoms with Gasteiger partial charge in [0.05, 0.1) is 39.1 Å². The minimum absolute atomic E-state index is 0.268. The molecule has 1 saturated carbocycles. The predicted octanol–water partition coefficient (Wildman–Crippen LogP) is 3.88. The Bertz CT molecular complexity index is 690. The standard InChI is InChI=1S/C16H18N2O2S/c1-4-20-16(19)12-7-8-13(18-14(12)11-5-6-11)15-9(2)17-10(3)21-15/h7-8,11H,4-6H2,1-3H3. The SMILES string of the molecule is CCOC(=O)c1ccc(-c2sc(C)nc2C)nc1C1CC1. The van der Waals surface area contributed by atoms with E-state index in [9.17, 15) is 4.79 Å². The first-order valence-electron chi connectivity index (χ1n) is 7.22. The first-order valence-corrected chi connectivity index (χ1v) is 8.04. The Kier molecular flexibility index (Phi) is 3.76. The molecule has 0 amide bonds. The quantitative estimate of drug-likeness (QED) is 0.804. The van der Waals surface area contributed by atoms with Gasteiger partial charge in [0.15, 0.2) is 0 Å². The van der Waals surface area contributed by atoms with Crippen molar-refractivity contribution < 1.29 is 9.53 Å². The van der Waals surface area contributed by atoms with Crippen LogP contribution in [0.2, 0.25) is 0 Å². The number of hydrogen-bond donors (Lipinski definition) is 0. The minimum atomic E-state index is -0.268. The highest BCUT2D eigenvalue weighted by Gasteiger charge is 2.30. The van der Waals surface area contributed by atoms with E-state index >= 15 is 0 Å². The second-order valence-corrected chi connectivity index (χ2v) is 6.47. The summed E-state index contributed by atoms with van der Waals surface area (Å²) >= 11 is 1.64. The zero-order valence-corrected chi connectivity index (χ0v) is 13.3. The Balaban J connectivity index is 2.03. The number of thiazole rings is 1. The third-order valence-corrected chi connectivity index (χ3v) is 4.62. The van der Waals surface area contributed by atoms with Crippen molar-refractivity contribution in [1.29, 1.82) is 0 Å².